The lowest BCUT2D eigenvalue weighted by atomic mass is 10.0. The van der Waals surface area contributed by atoms with Crippen molar-refractivity contribution in [2.75, 3.05) is 26.9 Å². The first kappa shape index (κ1) is 14.8. The van der Waals surface area contributed by atoms with Crippen LogP contribution in [0.25, 0.3) is 0 Å². The van der Waals surface area contributed by atoms with Crippen LogP contribution in [0.4, 0.5) is 0 Å². The fraction of sp³-hybridized carbons (Fsp3) is 0.533. The summed E-state index contributed by atoms with van der Waals surface area (Å²) in [6, 6.07) is 7.66. The maximum Gasteiger partial charge on any atom is 0.220 e. The smallest absolute Gasteiger partial charge is 0.220 e. The summed E-state index contributed by atoms with van der Waals surface area (Å²) in [6.07, 6.45) is 1.65. The number of methoxy groups -OCH3 is 1. The van der Waals surface area contributed by atoms with Crippen LogP contribution in [0.5, 0.6) is 5.75 Å². The molecule has 1 amide bonds. The van der Waals surface area contributed by atoms with Crippen molar-refractivity contribution in [1.29, 1.82) is 0 Å². The second kappa shape index (κ2) is 6.72. The van der Waals surface area contributed by atoms with Crippen molar-refractivity contribution in [2.45, 2.75) is 24.9 Å². The molecule has 1 aromatic rings. The van der Waals surface area contributed by atoms with Crippen molar-refractivity contribution < 1.29 is 19.4 Å². The van der Waals surface area contributed by atoms with Gasteiger partial charge in [-0.1, -0.05) is 12.1 Å². The molecule has 1 aliphatic rings. The normalized spacial score (nSPS) is 21.7. The minimum atomic E-state index is -0.893. The van der Waals surface area contributed by atoms with E-state index in [-0.39, 0.29) is 12.5 Å². The van der Waals surface area contributed by atoms with E-state index in [0.717, 1.165) is 11.3 Å². The van der Waals surface area contributed by atoms with Crippen LogP contribution in [0.3, 0.4) is 0 Å². The maximum atomic E-state index is 11.8. The third-order valence-electron chi connectivity index (χ3n) is 3.50. The van der Waals surface area contributed by atoms with Crippen LogP contribution in [-0.2, 0) is 16.0 Å². The molecule has 2 rings (SSSR count). The molecule has 1 aromatic carbocycles. The summed E-state index contributed by atoms with van der Waals surface area (Å²) in [6.45, 7) is 1.11. The van der Waals surface area contributed by atoms with Crippen LogP contribution >= 0.6 is 0 Å². The summed E-state index contributed by atoms with van der Waals surface area (Å²) in [4.78, 5) is 11.8. The van der Waals surface area contributed by atoms with Crippen molar-refractivity contribution in [3.63, 3.8) is 0 Å². The van der Waals surface area contributed by atoms with Crippen molar-refractivity contribution in [3.05, 3.63) is 29.8 Å². The van der Waals surface area contributed by atoms with E-state index in [1.165, 1.54) is 0 Å². The Labute approximate surface area is 118 Å². The summed E-state index contributed by atoms with van der Waals surface area (Å²) in [5.41, 5.74) is 0.194. The molecule has 2 N–H and O–H groups in total. The quantitative estimate of drug-likeness (QED) is 0.811. The first-order valence-corrected chi connectivity index (χ1v) is 6.81. The fourth-order valence-corrected chi connectivity index (χ4v) is 2.14. The highest BCUT2D eigenvalue weighted by Crippen LogP contribution is 2.17. The molecule has 5 nitrogen and oxygen atoms in total. The minimum absolute atomic E-state index is 0.0545. The third-order valence-corrected chi connectivity index (χ3v) is 3.50. The molecule has 1 fully saturated rings. The van der Waals surface area contributed by atoms with Crippen molar-refractivity contribution in [1.82, 2.24) is 5.32 Å². The SMILES string of the molecule is COc1ccc(CCC(=O)NC[C@@]2(O)CCOC2)cc1. The number of aliphatic hydroxyl groups is 1. The zero-order chi connectivity index (χ0) is 14.4. The topological polar surface area (TPSA) is 67.8 Å². The maximum absolute atomic E-state index is 11.8. The molecule has 1 saturated heterocycles. The molecule has 1 aliphatic heterocycles. The number of hydrogen-bond acceptors (Lipinski definition) is 4. The predicted molar refractivity (Wildman–Crippen MR) is 74.7 cm³/mol. The van der Waals surface area contributed by atoms with Gasteiger partial charge in [0.1, 0.15) is 11.4 Å². The molecule has 0 saturated carbocycles. The molecule has 0 bridgehead atoms. The number of carbonyl (C=O) groups is 1. The molecular weight excluding hydrogens is 258 g/mol. The summed E-state index contributed by atoms with van der Waals surface area (Å²) in [7, 11) is 1.62. The van der Waals surface area contributed by atoms with Crippen LogP contribution in [0.1, 0.15) is 18.4 Å². The van der Waals surface area contributed by atoms with Gasteiger partial charge in [0.25, 0.3) is 0 Å². The van der Waals surface area contributed by atoms with Gasteiger partial charge in [0.2, 0.25) is 5.91 Å². The van der Waals surface area contributed by atoms with Gasteiger partial charge in [-0.15, -0.1) is 0 Å². The zero-order valence-corrected chi connectivity index (χ0v) is 11.7. The zero-order valence-electron chi connectivity index (χ0n) is 11.7. The number of ether oxygens (including phenoxy) is 2. The lowest BCUT2D eigenvalue weighted by molar-refractivity contribution is -0.122. The molecule has 0 unspecified atom stereocenters. The molecule has 1 heterocycles. The second-order valence-electron chi connectivity index (χ2n) is 5.15. The van der Waals surface area contributed by atoms with Crippen LogP contribution in [-0.4, -0.2) is 43.5 Å². The Bertz CT molecular complexity index is 438. The second-order valence-corrected chi connectivity index (χ2v) is 5.15. The van der Waals surface area contributed by atoms with Gasteiger partial charge in [-0.3, -0.25) is 4.79 Å². The van der Waals surface area contributed by atoms with E-state index in [0.29, 0.717) is 32.5 Å². The van der Waals surface area contributed by atoms with Crippen LogP contribution in [0.2, 0.25) is 0 Å². The van der Waals surface area contributed by atoms with Gasteiger partial charge in [0, 0.05) is 26.0 Å². The molecule has 110 valence electrons. The van der Waals surface area contributed by atoms with Gasteiger partial charge in [0.05, 0.1) is 13.7 Å². The minimum Gasteiger partial charge on any atom is -0.497 e. The number of amides is 1. The third kappa shape index (κ3) is 4.21. The summed E-state index contributed by atoms with van der Waals surface area (Å²) in [5, 5.41) is 12.8. The Morgan fingerprint density at radius 1 is 1.45 bits per heavy atom. The Morgan fingerprint density at radius 2 is 2.20 bits per heavy atom. The molecule has 0 aromatic heterocycles. The van der Waals surface area contributed by atoms with E-state index < -0.39 is 5.60 Å². The molecule has 0 radical (unpaired) electrons. The fourth-order valence-electron chi connectivity index (χ4n) is 2.14. The van der Waals surface area contributed by atoms with Gasteiger partial charge in [-0.05, 0) is 24.1 Å². The van der Waals surface area contributed by atoms with E-state index in [9.17, 15) is 9.90 Å². The lowest BCUT2D eigenvalue weighted by Crippen LogP contribution is -2.43. The Kier molecular flexibility index (Phi) is 4.98. The Balaban J connectivity index is 1.71. The summed E-state index contributed by atoms with van der Waals surface area (Å²) < 4.78 is 10.2. The van der Waals surface area contributed by atoms with Crippen LogP contribution in [0.15, 0.2) is 24.3 Å². The van der Waals surface area contributed by atoms with Crippen molar-refractivity contribution in [2.24, 2.45) is 0 Å². The standard InChI is InChI=1S/C15H21NO4/c1-19-13-5-2-12(3-6-13)4-7-14(17)16-10-15(18)8-9-20-11-15/h2-3,5-6,18H,4,7-11H2,1H3,(H,16,17)/t15-/m0/s1. The molecule has 5 heteroatoms. The van der Waals surface area contributed by atoms with Crippen LogP contribution < -0.4 is 10.1 Å². The molecule has 1 atom stereocenters. The molecule has 0 aliphatic carbocycles. The Morgan fingerprint density at radius 3 is 2.80 bits per heavy atom. The van der Waals surface area contributed by atoms with Gasteiger partial charge in [-0.2, -0.15) is 0 Å². The average molecular weight is 279 g/mol. The molecule has 20 heavy (non-hydrogen) atoms. The van der Waals surface area contributed by atoms with E-state index in [2.05, 4.69) is 5.32 Å². The predicted octanol–water partition coefficient (Wildman–Crippen LogP) is 0.895. The molecular formula is C15H21NO4. The van der Waals surface area contributed by atoms with E-state index >= 15 is 0 Å². The van der Waals surface area contributed by atoms with Crippen LogP contribution in [0, 0.1) is 0 Å². The summed E-state index contributed by atoms with van der Waals surface area (Å²) in [5.74, 6) is 0.753. The highest BCUT2D eigenvalue weighted by atomic mass is 16.5. The number of benzene rings is 1. The first-order chi connectivity index (χ1) is 9.61. The number of nitrogens with one attached hydrogen (secondary N) is 1. The monoisotopic (exact) mass is 279 g/mol. The van der Waals surface area contributed by atoms with Gasteiger partial charge in [0.15, 0.2) is 0 Å². The lowest BCUT2D eigenvalue weighted by Gasteiger charge is -2.20. The number of hydrogen-bond donors (Lipinski definition) is 2. The van der Waals surface area contributed by atoms with Gasteiger partial charge >= 0.3 is 0 Å². The van der Waals surface area contributed by atoms with E-state index in [4.69, 9.17) is 9.47 Å². The largest absolute Gasteiger partial charge is 0.497 e. The number of aryl methyl sites for hydroxylation is 1. The van der Waals surface area contributed by atoms with E-state index in [1.54, 1.807) is 7.11 Å². The highest BCUT2D eigenvalue weighted by molar-refractivity contribution is 5.76. The number of carbonyl (C=O) groups excluding carboxylic acids is 1. The Hall–Kier alpha value is -1.59. The summed E-state index contributed by atoms with van der Waals surface area (Å²) >= 11 is 0. The van der Waals surface area contributed by atoms with Gasteiger partial charge < -0.3 is 19.9 Å². The van der Waals surface area contributed by atoms with Gasteiger partial charge in [-0.25, -0.2) is 0 Å². The average Bonchev–Trinajstić information content (AvgIpc) is 2.91. The first-order valence-electron chi connectivity index (χ1n) is 6.81. The highest BCUT2D eigenvalue weighted by Gasteiger charge is 2.32. The van der Waals surface area contributed by atoms with Crippen molar-refractivity contribution >= 4 is 5.91 Å². The van der Waals surface area contributed by atoms with E-state index in [1.807, 2.05) is 24.3 Å². The molecule has 0 spiro atoms. The number of rotatable bonds is 6. The van der Waals surface area contributed by atoms with Crippen molar-refractivity contribution in [3.8, 4) is 5.75 Å².